The lowest BCUT2D eigenvalue weighted by molar-refractivity contribution is -0.142. The molecule has 0 bridgehead atoms. The van der Waals surface area contributed by atoms with Crippen molar-refractivity contribution in [3.63, 3.8) is 0 Å². The molecule has 0 aliphatic heterocycles. The fourth-order valence-electron chi connectivity index (χ4n) is 3.27. The predicted octanol–water partition coefficient (Wildman–Crippen LogP) is 5.14. The van der Waals surface area contributed by atoms with Crippen molar-refractivity contribution in [1.82, 2.24) is 0 Å². The molecule has 6 heteroatoms. The summed E-state index contributed by atoms with van der Waals surface area (Å²) in [6.45, 7) is 19.7. The van der Waals surface area contributed by atoms with Crippen LogP contribution in [-0.4, -0.2) is 51.7 Å². The van der Waals surface area contributed by atoms with E-state index in [-0.39, 0.29) is 45.4 Å². The summed E-state index contributed by atoms with van der Waals surface area (Å²) in [5.41, 5.74) is -0.770. The summed E-state index contributed by atoms with van der Waals surface area (Å²) in [7, 11) is 0. The second kappa shape index (κ2) is 18.9. The van der Waals surface area contributed by atoms with Gasteiger partial charge in [0.2, 0.25) is 0 Å². The van der Waals surface area contributed by atoms with Crippen LogP contribution >= 0.6 is 0 Å². The first-order chi connectivity index (χ1) is 15.1. The molecule has 1 N–H and O–H groups in total. The van der Waals surface area contributed by atoms with E-state index >= 15 is 0 Å². The van der Waals surface area contributed by atoms with Gasteiger partial charge in [-0.05, 0) is 43.9 Å². The van der Waals surface area contributed by atoms with Crippen LogP contribution in [0.2, 0.25) is 0 Å². The van der Waals surface area contributed by atoms with Crippen LogP contribution in [-0.2, 0) is 23.7 Å². The molecule has 0 saturated carbocycles. The lowest BCUT2D eigenvalue weighted by atomic mass is 9.76. The largest absolute Gasteiger partial charge is 0.476 e. The third-order valence-electron chi connectivity index (χ3n) is 5.14. The van der Waals surface area contributed by atoms with Gasteiger partial charge in [-0.25, -0.2) is 0 Å². The maximum absolute atomic E-state index is 10.1. The molecule has 0 spiro atoms. The quantitative estimate of drug-likeness (QED) is 0.0975. The lowest BCUT2D eigenvalue weighted by Gasteiger charge is -2.36. The Morgan fingerprint density at radius 1 is 0.581 bits per heavy atom. The molecule has 31 heavy (non-hydrogen) atoms. The molecule has 0 fully saturated rings. The van der Waals surface area contributed by atoms with Gasteiger partial charge in [-0.15, -0.1) is 19.7 Å². The third-order valence-corrected chi connectivity index (χ3v) is 5.14. The van der Waals surface area contributed by atoms with Crippen LogP contribution in [0.3, 0.4) is 0 Å². The van der Waals surface area contributed by atoms with E-state index in [2.05, 4.69) is 32.9 Å². The van der Waals surface area contributed by atoms with Gasteiger partial charge in [0.05, 0.1) is 51.0 Å². The van der Waals surface area contributed by atoms with Crippen molar-refractivity contribution < 1.29 is 28.8 Å². The minimum Gasteiger partial charge on any atom is -0.476 e. The maximum Gasteiger partial charge on any atom is 0.188 e. The van der Waals surface area contributed by atoms with E-state index in [9.17, 15) is 5.11 Å². The molecule has 0 aliphatic rings. The van der Waals surface area contributed by atoms with Crippen LogP contribution in [0.5, 0.6) is 0 Å². The standard InChI is InChI=1S/C25H42O6/c1-6-11-14-24(15-12-7-2,16-13-8-3)18-29-19-25(17-26,20-30-22-27-9-4)21-31-23-28-10-5/h6-10,26H,1-5,11-23H2. The molecular weight excluding hydrogens is 396 g/mol. The number of rotatable bonds is 24. The molecule has 0 aromatic carbocycles. The Balaban J connectivity index is 5.20. The monoisotopic (exact) mass is 438 g/mol. The zero-order valence-corrected chi connectivity index (χ0v) is 19.1. The number of ether oxygens (including phenoxy) is 5. The Hall–Kier alpha value is -1.86. The smallest absolute Gasteiger partial charge is 0.188 e. The Labute approximate surface area is 188 Å². The molecule has 0 aliphatic carbocycles. The molecule has 0 atom stereocenters. The third kappa shape index (κ3) is 13.2. The number of aliphatic hydroxyl groups excluding tert-OH is 1. The van der Waals surface area contributed by atoms with E-state index in [4.69, 9.17) is 23.7 Å². The highest BCUT2D eigenvalue weighted by atomic mass is 16.7. The number of hydrogen-bond donors (Lipinski definition) is 1. The molecule has 0 saturated heterocycles. The first-order valence-corrected chi connectivity index (χ1v) is 10.7. The average Bonchev–Trinajstić information content (AvgIpc) is 2.79. The van der Waals surface area contributed by atoms with Crippen LogP contribution in [0.25, 0.3) is 0 Å². The van der Waals surface area contributed by atoms with Crippen LogP contribution in [0, 0.1) is 10.8 Å². The second-order valence-electron chi connectivity index (χ2n) is 7.73. The summed E-state index contributed by atoms with van der Waals surface area (Å²) in [5.74, 6) is 0. The number of aliphatic hydroxyl groups is 1. The Kier molecular flexibility index (Phi) is 17.7. The Morgan fingerprint density at radius 3 is 1.32 bits per heavy atom. The molecule has 0 radical (unpaired) electrons. The normalized spacial score (nSPS) is 11.5. The van der Waals surface area contributed by atoms with Crippen molar-refractivity contribution in [3.05, 3.63) is 63.6 Å². The van der Waals surface area contributed by atoms with Gasteiger partial charge in [-0.1, -0.05) is 31.4 Å². The first-order valence-electron chi connectivity index (χ1n) is 10.7. The highest BCUT2D eigenvalue weighted by Crippen LogP contribution is 2.36. The maximum atomic E-state index is 10.1. The SMILES string of the molecule is C=CCCC(CCC=C)(CCC=C)COCC(CO)(COCOC=C)COCOC=C. The summed E-state index contributed by atoms with van der Waals surface area (Å²) in [4.78, 5) is 0. The van der Waals surface area contributed by atoms with Crippen molar-refractivity contribution >= 4 is 0 Å². The van der Waals surface area contributed by atoms with Crippen molar-refractivity contribution in [2.75, 3.05) is 46.6 Å². The zero-order chi connectivity index (χ0) is 23.3. The van der Waals surface area contributed by atoms with Gasteiger partial charge in [-0.2, -0.15) is 0 Å². The van der Waals surface area contributed by atoms with E-state index in [1.807, 2.05) is 18.2 Å². The number of allylic oxidation sites excluding steroid dienone is 3. The fraction of sp³-hybridized carbons (Fsp3) is 0.600. The summed E-state index contributed by atoms with van der Waals surface area (Å²) < 4.78 is 27.4. The summed E-state index contributed by atoms with van der Waals surface area (Å²) >= 11 is 0. The molecule has 0 rings (SSSR count). The van der Waals surface area contributed by atoms with Gasteiger partial charge in [0.25, 0.3) is 0 Å². The summed E-state index contributed by atoms with van der Waals surface area (Å²) in [5, 5.41) is 10.1. The van der Waals surface area contributed by atoms with Crippen LogP contribution < -0.4 is 0 Å². The van der Waals surface area contributed by atoms with Crippen LogP contribution in [0.1, 0.15) is 38.5 Å². The minimum atomic E-state index is -0.754. The molecule has 0 unspecified atom stereocenters. The summed E-state index contributed by atoms with van der Waals surface area (Å²) in [6, 6.07) is 0. The molecule has 0 aromatic heterocycles. The van der Waals surface area contributed by atoms with Gasteiger partial charge in [-0.3, -0.25) is 0 Å². The average molecular weight is 439 g/mol. The molecule has 0 heterocycles. The Bertz CT molecular complexity index is 455. The highest BCUT2D eigenvalue weighted by Gasteiger charge is 2.34. The van der Waals surface area contributed by atoms with Crippen molar-refractivity contribution in [2.45, 2.75) is 38.5 Å². The van der Waals surface area contributed by atoms with Crippen molar-refractivity contribution in [1.29, 1.82) is 0 Å². The fourth-order valence-corrected chi connectivity index (χ4v) is 3.27. The van der Waals surface area contributed by atoms with Crippen molar-refractivity contribution in [3.8, 4) is 0 Å². The molecule has 0 amide bonds. The van der Waals surface area contributed by atoms with Gasteiger partial charge >= 0.3 is 0 Å². The minimum absolute atomic E-state index is 0.0165. The Morgan fingerprint density at radius 2 is 0.968 bits per heavy atom. The molecular formula is C25H42O6. The van der Waals surface area contributed by atoms with Crippen LogP contribution in [0.15, 0.2) is 63.6 Å². The van der Waals surface area contributed by atoms with E-state index in [0.29, 0.717) is 6.61 Å². The van der Waals surface area contributed by atoms with Crippen LogP contribution in [0.4, 0.5) is 0 Å². The van der Waals surface area contributed by atoms with E-state index in [0.717, 1.165) is 38.5 Å². The van der Waals surface area contributed by atoms with E-state index < -0.39 is 5.41 Å². The molecule has 178 valence electrons. The van der Waals surface area contributed by atoms with Gasteiger partial charge in [0.15, 0.2) is 13.6 Å². The number of hydrogen-bond acceptors (Lipinski definition) is 6. The zero-order valence-electron chi connectivity index (χ0n) is 19.1. The topological polar surface area (TPSA) is 66.4 Å². The second-order valence-corrected chi connectivity index (χ2v) is 7.73. The van der Waals surface area contributed by atoms with Gasteiger partial charge in [0, 0.05) is 0 Å². The molecule has 0 aromatic rings. The van der Waals surface area contributed by atoms with E-state index in [1.54, 1.807) is 0 Å². The molecule has 6 nitrogen and oxygen atoms in total. The first kappa shape index (κ1) is 29.1. The van der Waals surface area contributed by atoms with E-state index in [1.165, 1.54) is 12.5 Å². The lowest BCUT2D eigenvalue weighted by Crippen LogP contribution is -2.42. The summed E-state index contributed by atoms with van der Waals surface area (Å²) in [6.07, 6.45) is 14.1. The van der Waals surface area contributed by atoms with Gasteiger partial charge < -0.3 is 28.8 Å². The predicted molar refractivity (Wildman–Crippen MR) is 125 cm³/mol. The van der Waals surface area contributed by atoms with Crippen molar-refractivity contribution in [2.24, 2.45) is 10.8 Å². The van der Waals surface area contributed by atoms with Gasteiger partial charge in [0.1, 0.15) is 0 Å². The highest BCUT2D eigenvalue weighted by molar-refractivity contribution is 4.88.